The molecule has 2 amide bonds. The van der Waals surface area contributed by atoms with Gasteiger partial charge < -0.3 is 15.5 Å². The molecule has 0 aromatic heterocycles. The third kappa shape index (κ3) is 1.31. The summed E-state index contributed by atoms with van der Waals surface area (Å²) in [4.78, 5) is 23.2. The van der Waals surface area contributed by atoms with Crippen LogP contribution in [0.1, 0.15) is 6.42 Å². The molecule has 6 nitrogen and oxygen atoms in total. The van der Waals surface area contributed by atoms with Crippen molar-refractivity contribution < 1.29 is 19.8 Å². The number of nitrogens with zero attached hydrogens (tertiary/aromatic N) is 1. The van der Waals surface area contributed by atoms with Gasteiger partial charge in [0.05, 0.1) is 12.6 Å². The summed E-state index contributed by atoms with van der Waals surface area (Å²) in [5, 5.41) is 20.9. The summed E-state index contributed by atoms with van der Waals surface area (Å²) >= 11 is 0. The fourth-order valence-corrected chi connectivity index (χ4v) is 2.23. The third-order valence-corrected chi connectivity index (χ3v) is 2.82. The van der Waals surface area contributed by atoms with E-state index < -0.39 is 18.2 Å². The highest BCUT2D eigenvalue weighted by molar-refractivity contribution is 5.87. The van der Waals surface area contributed by atoms with E-state index in [-0.39, 0.29) is 18.4 Å². The molecule has 2 heterocycles. The molecule has 6 heteroatoms. The number of β-amino-alcohol motifs (C(OH)–C–C–N with tert-alkyl or cyclic N) is 1. The summed E-state index contributed by atoms with van der Waals surface area (Å²) < 4.78 is 0. The molecule has 0 bridgehead atoms. The van der Waals surface area contributed by atoms with E-state index in [1.807, 2.05) is 0 Å². The molecule has 2 saturated heterocycles. The summed E-state index contributed by atoms with van der Waals surface area (Å²) in [5.74, 6) is -0.327. The summed E-state index contributed by atoms with van der Waals surface area (Å²) in [5.41, 5.74) is 0. The number of aliphatic hydroxyl groups excluding tert-OH is 1. The Hall–Kier alpha value is -1.30. The van der Waals surface area contributed by atoms with Gasteiger partial charge in [0.25, 0.3) is 0 Å². The number of nitrogens with one attached hydrogen (secondary N) is 1. The van der Waals surface area contributed by atoms with Gasteiger partial charge in [-0.1, -0.05) is 0 Å². The molecule has 2 rings (SSSR count). The topological polar surface area (TPSA) is 89.9 Å². The normalized spacial score (nSPS) is 36.5. The number of piperidine rings is 1. The summed E-state index contributed by atoms with van der Waals surface area (Å²) in [7, 11) is 0. The summed E-state index contributed by atoms with van der Waals surface area (Å²) in [6.45, 7) is 0.494. The average molecular weight is 200 g/mol. The standard InChI is InChI=1S/C8H12N2O4/c11-5-1-4-2-9-7(12)6(4)10(3-5)8(13)14/h4-6,11H,1-3H2,(H,9,12)(H,13,14)/t4-,5-,6-/m0/s1. The number of carbonyl (C=O) groups excluding carboxylic acids is 1. The maximum atomic E-state index is 11.3. The molecular weight excluding hydrogens is 188 g/mol. The minimum atomic E-state index is -1.14. The van der Waals surface area contributed by atoms with Crippen LogP contribution in [0, 0.1) is 5.92 Å². The molecule has 0 unspecified atom stereocenters. The van der Waals surface area contributed by atoms with E-state index in [9.17, 15) is 14.7 Å². The minimum absolute atomic E-state index is 0.0317. The van der Waals surface area contributed by atoms with Crippen LogP contribution in [0.3, 0.4) is 0 Å². The van der Waals surface area contributed by atoms with Crippen LogP contribution >= 0.6 is 0 Å². The predicted molar refractivity (Wildman–Crippen MR) is 45.6 cm³/mol. The number of fused-ring (bicyclic) bond motifs is 1. The van der Waals surface area contributed by atoms with Gasteiger partial charge in [-0.05, 0) is 6.42 Å². The molecule has 0 spiro atoms. The fraction of sp³-hybridized carbons (Fsp3) is 0.750. The molecule has 3 N–H and O–H groups in total. The van der Waals surface area contributed by atoms with E-state index in [2.05, 4.69) is 5.32 Å². The van der Waals surface area contributed by atoms with Gasteiger partial charge in [0, 0.05) is 12.5 Å². The Morgan fingerprint density at radius 2 is 2.29 bits per heavy atom. The number of hydrogen-bond acceptors (Lipinski definition) is 3. The number of carbonyl (C=O) groups is 2. The van der Waals surface area contributed by atoms with Crippen molar-refractivity contribution in [3.05, 3.63) is 0 Å². The zero-order valence-corrected chi connectivity index (χ0v) is 7.51. The molecule has 0 aliphatic carbocycles. The number of hydrogen-bond donors (Lipinski definition) is 3. The number of aliphatic hydroxyl groups is 1. The molecule has 14 heavy (non-hydrogen) atoms. The van der Waals surface area contributed by atoms with E-state index in [4.69, 9.17) is 5.11 Å². The molecule has 0 saturated carbocycles. The predicted octanol–water partition coefficient (Wildman–Crippen LogP) is -1.15. The highest BCUT2D eigenvalue weighted by Gasteiger charge is 2.45. The van der Waals surface area contributed by atoms with Crippen molar-refractivity contribution in [2.45, 2.75) is 18.6 Å². The van der Waals surface area contributed by atoms with E-state index in [0.717, 1.165) is 4.90 Å². The van der Waals surface area contributed by atoms with Gasteiger partial charge in [-0.2, -0.15) is 0 Å². The lowest BCUT2D eigenvalue weighted by molar-refractivity contribution is -0.125. The first-order chi connectivity index (χ1) is 6.59. The molecule has 78 valence electrons. The summed E-state index contributed by atoms with van der Waals surface area (Å²) in [6.07, 6.45) is -1.30. The van der Waals surface area contributed by atoms with Crippen LogP contribution in [0.2, 0.25) is 0 Å². The van der Waals surface area contributed by atoms with Gasteiger partial charge in [0.1, 0.15) is 6.04 Å². The largest absolute Gasteiger partial charge is 0.465 e. The highest BCUT2D eigenvalue weighted by Crippen LogP contribution is 2.27. The molecule has 0 radical (unpaired) electrons. The van der Waals surface area contributed by atoms with Crippen molar-refractivity contribution in [1.82, 2.24) is 10.2 Å². The Bertz CT molecular complexity index is 281. The van der Waals surface area contributed by atoms with Crippen molar-refractivity contribution in [1.29, 1.82) is 0 Å². The van der Waals surface area contributed by atoms with Crippen molar-refractivity contribution in [3.63, 3.8) is 0 Å². The first-order valence-corrected chi connectivity index (χ1v) is 4.55. The van der Waals surface area contributed by atoms with Crippen LogP contribution in [0.4, 0.5) is 4.79 Å². The lowest BCUT2D eigenvalue weighted by Crippen LogP contribution is -2.54. The third-order valence-electron chi connectivity index (χ3n) is 2.82. The zero-order valence-electron chi connectivity index (χ0n) is 7.51. The van der Waals surface area contributed by atoms with Crippen molar-refractivity contribution in [2.24, 2.45) is 5.92 Å². The Kier molecular flexibility index (Phi) is 2.07. The lowest BCUT2D eigenvalue weighted by Gasteiger charge is -2.35. The second-order valence-electron chi connectivity index (χ2n) is 3.77. The minimum Gasteiger partial charge on any atom is -0.465 e. The van der Waals surface area contributed by atoms with Crippen LogP contribution in [0.5, 0.6) is 0 Å². The molecule has 2 fully saturated rings. The van der Waals surface area contributed by atoms with E-state index >= 15 is 0 Å². The van der Waals surface area contributed by atoms with Gasteiger partial charge in [-0.25, -0.2) is 4.79 Å². The molecule has 3 atom stereocenters. The van der Waals surface area contributed by atoms with Gasteiger partial charge in [-0.15, -0.1) is 0 Å². The van der Waals surface area contributed by atoms with Gasteiger partial charge in [0.15, 0.2) is 0 Å². The monoisotopic (exact) mass is 200 g/mol. The van der Waals surface area contributed by atoms with Gasteiger partial charge in [0.2, 0.25) is 5.91 Å². The average Bonchev–Trinajstić information content (AvgIpc) is 2.46. The Morgan fingerprint density at radius 3 is 2.93 bits per heavy atom. The van der Waals surface area contributed by atoms with Crippen LogP contribution in [-0.2, 0) is 4.79 Å². The highest BCUT2D eigenvalue weighted by atomic mass is 16.4. The smallest absolute Gasteiger partial charge is 0.408 e. The molecule has 0 aromatic carbocycles. The van der Waals surface area contributed by atoms with E-state index in [0.29, 0.717) is 13.0 Å². The molecule has 2 aliphatic rings. The first kappa shape index (κ1) is 9.26. The van der Waals surface area contributed by atoms with Gasteiger partial charge in [-0.3, -0.25) is 9.69 Å². The fourth-order valence-electron chi connectivity index (χ4n) is 2.23. The maximum absolute atomic E-state index is 11.3. The van der Waals surface area contributed by atoms with Crippen LogP contribution in [0.25, 0.3) is 0 Å². The second kappa shape index (κ2) is 3.13. The van der Waals surface area contributed by atoms with Crippen LogP contribution in [-0.4, -0.2) is 52.3 Å². The molecular formula is C8H12N2O4. The Balaban J connectivity index is 2.22. The Morgan fingerprint density at radius 1 is 1.57 bits per heavy atom. The van der Waals surface area contributed by atoms with Gasteiger partial charge >= 0.3 is 6.09 Å². The molecule has 2 aliphatic heterocycles. The van der Waals surface area contributed by atoms with Crippen molar-refractivity contribution in [3.8, 4) is 0 Å². The van der Waals surface area contributed by atoms with E-state index in [1.54, 1.807) is 0 Å². The molecule has 0 aromatic rings. The number of amides is 2. The van der Waals surface area contributed by atoms with Crippen LogP contribution in [0.15, 0.2) is 0 Å². The maximum Gasteiger partial charge on any atom is 0.408 e. The first-order valence-electron chi connectivity index (χ1n) is 4.55. The Labute approximate surface area is 80.5 Å². The number of likely N-dealkylation sites (tertiary alicyclic amines) is 1. The quantitative estimate of drug-likeness (QED) is 0.460. The van der Waals surface area contributed by atoms with Crippen molar-refractivity contribution >= 4 is 12.0 Å². The number of rotatable bonds is 0. The lowest BCUT2D eigenvalue weighted by atomic mass is 9.90. The summed E-state index contributed by atoms with van der Waals surface area (Å²) in [6, 6.07) is -0.601. The van der Waals surface area contributed by atoms with E-state index in [1.165, 1.54) is 0 Å². The van der Waals surface area contributed by atoms with Crippen LogP contribution < -0.4 is 5.32 Å². The zero-order chi connectivity index (χ0) is 10.3. The SMILES string of the molecule is O=C1NC[C@@H]2C[C@H](O)CN(C(=O)O)[C@H]12. The number of carboxylic acid groups (broad SMARTS) is 1. The van der Waals surface area contributed by atoms with Crippen molar-refractivity contribution in [2.75, 3.05) is 13.1 Å². The second-order valence-corrected chi connectivity index (χ2v) is 3.77.